The summed E-state index contributed by atoms with van der Waals surface area (Å²) in [6.45, 7) is 4.09. The molecule has 0 unspecified atom stereocenters. The van der Waals surface area contributed by atoms with Gasteiger partial charge in [-0.25, -0.2) is 0 Å². The van der Waals surface area contributed by atoms with Crippen molar-refractivity contribution >= 4 is 5.91 Å². The smallest absolute Gasteiger partial charge is 0.270 e. The van der Waals surface area contributed by atoms with Gasteiger partial charge in [0.2, 0.25) is 0 Å². The lowest BCUT2D eigenvalue weighted by molar-refractivity contribution is 0.0906. The minimum Gasteiger partial charge on any atom is -0.394 e. The molecule has 1 heterocycles. The predicted octanol–water partition coefficient (Wildman–Crippen LogP) is 2.08. The monoisotopic (exact) mass is 301 g/mol. The van der Waals surface area contributed by atoms with Crippen molar-refractivity contribution in [1.82, 2.24) is 15.1 Å². The van der Waals surface area contributed by atoms with Crippen LogP contribution in [0.25, 0.3) is 0 Å². The van der Waals surface area contributed by atoms with Crippen molar-refractivity contribution in [3.63, 3.8) is 0 Å². The lowest BCUT2D eigenvalue weighted by Gasteiger charge is -2.16. The number of rotatable bonds is 6. The molecule has 2 aromatic rings. The molecule has 0 fully saturated rings. The molecule has 1 atom stereocenters. The molecule has 0 aliphatic heterocycles. The number of amides is 1. The van der Waals surface area contributed by atoms with Crippen molar-refractivity contribution in [2.45, 2.75) is 26.3 Å². The van der Waals surface area contributed by atoms with Crippen molar-refractivity contribution < 1.29 is 9.90 Å². The van der Waals surface area contributed by atoms with Gasteiger partial charge >= 0.3 is 0 Å². The highest BCUT2D eigenvalue weighted by molar-refractivity contribution is 5.93. The number of hydrogen-bond acceptors (Lipinski definition) is 3. The van der Waals surface area contributed by atoms with Crippen molar-refractivity contribution in [1.29, 1.82) is 0 Å². The topological polar surface area (TPSA) is 67.2 Å². The van der Waals surface area contributed by atoms with Crippen LogP contribution in [0.2, 0.25) is 0 Å². The molecule has 0 bridgehead atoms. The lowest BCUT2D eigenvalue weighted by atomic mass is 10.1. The minimum absolute atomic E-state index is 0.146. The Kier molecular flexibility index (Phi) is 5.33. The second-order valence-corrected chi connectivity index (χ2v) is 5.86. The van der Waals surface area contributed by atoms with Gasteiger partial charge in [-0.3, -0.25) is 9.48 Å². The van der Waals surface area contributed by atoms with Crippen LogP contribution < -0.4 is 5.32 Å². The molecule has 5 nitrogen and oxygen atoms in total. The maximum absolute atomic E-state index is 12.4. The number of hydrogen-bond donors (Lipinski definition) is 2. The van der Waals surface area contributed by atoms with Crippen LogP contribution in [0.1, 0.15) is 41.6 Å². The second-order valence-electron chi connectivity index (χ2n) is 5.86. The number of carbonyl (C=O) groups excluding carboxylic acids is 1. The van der Waals surface area contributed by atoms with Gasteiger partial charge in [0.25, 0.3) is 5.91 Å². The molecule has 0 aliphatic carbocycles. The molecule has 22 heavy (non-hydrogen) atoms. The predicted molar refractivity (Wildman–Crippen MR) is 85.5 cm³/mol. The molecule has 2 rings (SSSR count). The van der Waals surface area contributed by atoms with Crippen molar-refractivity contribution in [2.24, 2.45) is 13.0 Å². The summed E-state index contributed by atoms with van der Waals surface area (Å²) in [5, 5.41) is 16.8. The van der Waals surface area contributed by atoms with E-state index in [1.807, 2.05) is 36.4 Å². The van der Waals surface area contributed by atoms with Gasteiger partial charge in [-0.05, 0) is 24.0 Å². The fourth-order valence-electron chi connectivity index (χ4n) is 2.41. The molecule has 1 amide bonds. The molecule has 0 spiro atoms. The first-order valence-corrected chi connectivity index (χ1v) is 7.50. The van der Waals surface area contributed by atoms with Crippen LogP contribution in [0.4, 0.5) is 0 Å². The van der Waals surface area contributed by atoms with Gasteiger partial charge in [-0.1, -0.05) is 44.2 Å². The molecule has 118 valence electrons. The van der Waals surface area contributed by atoms with Crippen LogP contribution in [-0.2, 0) is 13.5 Å². The summed E-state index contributed by atoms with van der Waals surface area (Å²) in [7, 11) is 1.76. The summed E-state index contributed by atoms with van der Waals surface area (Å²) in [6.07, 6.45) is 0.837. The number of nitrogens with one attached hydrogen (secondary N) is 1. The summed E-state index contributed by atoms with van der Waals surface area (Å²) >= 11 is 0. The Morgan fingerprint density at radius 3 is 2.59 bits per heavy atom. The Labute approximate surface area is 131 Å². The van der Waals surface area contributed by atoms with Gasteiger partial charge in [0, 0.05) is 7.05 Å². The summed E-state index contributed by atoms with van der Waals surface area (Å²) in [4.78, 5) is 12.4. The Bertz CT molecular complexity index is 620. The largest absolute Gasteiger partial charge is 0.394 e. The molecular formula is C17H23N3O2. The van der Waals surface area contributed by atoms with Crippen molar-refractivity contribution in [3.05, 3.63) is 53.3 Å². The van der Waals surface area contributed by atoms with Crippen LogP contribution >= 0.6 is 0 Å². The first kappa shape index (κ1) is 16.2. The van der Waals surface area contributed by atoms with E-state index >= 15 is 0 Å². The molecule has 1 aromatic heterocycles. The fraction of sp³-hybridized carbons (Fsp3) is 0.412. The zero-order valence-corrected chi connectivity index (χ0v) is 13.3. The molecule has 5 heteroatoms. The first-order chi connectivity index (χ1) is 10.5. The van der Waals surface area contributed by atoms with Crippen molar-refractivity contribution in [2.75, 3.05) is 6.61 Å². The van der Waals surface area contributed by atoms with Gasteiger partial charge in [-0.2, -0.15) is 5.10 Å². The maximum Gasteiger partial charge on any atom is 0.270 e. The molecule has 1 aromatic carbocycles. The molecule has 0 aliphatic rings. The number of benzene rings is 1. The Morgan fingerprint density at radius 2 is 2.00 bits per heavy atom. The Hall–Kier alpha value is -2.14. The highest BCUT2D eigenvalue weighted by Crippen LogP contribution is 2.14. The van der Waals surface area contributed by atoms with E-state index in [-0.39, 0.29) is 12.5 Å². The number of aliphatic hydroxyl groups is 1. The first-order valence-electron chi connectivity index (χ1n) is 7.50. The van der Waals surface area contributed by atoms with Crippen LogP contribution in [0.3, 0.4) is 0 Å². The molecule has 0 saturated carbocycles. The maximum atomic E-state index is 12.4. The van der Waals surface area contributed by atoms with E-state index in [0.717, 1.165) is 17.7 Å². The van der Waals surface area contributed by atoms with Crippen molar-refractivity contribution in [3.8, 4) is 0 Å². The highest BCUT2D eigenvalue weighted by atomic mass is 16.3. The number of nitrogens with zero attached hydrogens (tertiary/aromatic N) is 2. The molecule has 2 N–H and O–H groups in total. The van der Waals surface area contributed by atoms with E-state index in [1.165, 1.54) is 0 Å². The SMILES string of the molecule is CC(C)Cc1cc(C(=O)N[C@H](CO)c2ccccc2)n(C)n1. The third-order valence-corrected chi connectivity index (χ3v) is 3.47. The van der Waals surface area contributed by atoms with Crippen LogP contribution in [0.15, 0.2) is 36.4 Å². The van der Waals surface area contributed by atoms with Crippen LogP contribution in [0, 0.1) is 5.92 Å². The number of aromatic nitrogens is 2. The average Bonchev–Trinajstić information content (AvgIpc) is 2.85. The van der Waals surface area contributed by atoms with E-state index in [9.17, 15) is 9.90 Å². The summed E-state index contributed by atoms with van der Waals surface area (Å²) in [5.74, 6) is 0.258. The number of aliphatic hydroxyl groups excluding tert-OH is 1. The summed E-state index contributed by atoms with van der Waals surface area (Å²) < 4.78 is 1.59. The third-order valence-electron chi connectivity index (χ3n) is 3.47. The van der Waals surface area contributed by atoms with Gasteiger partial charge in [0.1, 0.15) is 5.69 Å². The highest BCUT2D eigenvalue weighted by Gasteiger charge is 2.18. The number of carbonyl (C=O) groups is 1. The molecular weight excluding hydrogens is 278 g/mol. The zero-order chi connectivity index (χ0) is 16.1. The Balaban J connectivity index is 2.12. The minimum atomic E-state index is -0.419. The number of aryl methyl sites for hydroxylation is 1. The Morgan fingerprint density at radius 1 is 1.32 bits per heavy atom. The molecule has 0 saturated heterocycles. The summed E-state index contributed by atoms with van der Waals surface area (Å²) in [5.41, 5.74) is 2.29. The van der Waals surface area contributed by atoms with E-state index in [0.29, 0.717) is 11.6 Å². The standard InChI is InChI=1S/C17H23N3O2/c1-12(2)9-14-10-16(20(3)19-14)17(22)18-15(11-21)13-7-5-4-6-8-13/h4-8,10,12,15,21H,9,11H2,1-3H3,(H,18,22)/t15-/m1/s1. The lowest BCUT2D eigenvalue weighted by Crippen LogP contribution is -2.32. The van der Waals surface area contributed by atoms with E-state index in [1.54, 1.807) is 11.7 Å². The quantitative estimate of drug-likeness (QED) is 0.858. The third kappa shape index (κ3) is 3.95. The van der Waals surface area contributed by atoms with Gasteiger partial charge in [-0.15, -0.1) is 0 Å². The second kappa shape index (κ2) is 7.22. The van der Waals surface area contributed by atoms with E-state index in [4.69, 9.17) is 0 Å². The zero-order valence-electron chi connectivity index (χ0n) is 13.3. The fourth-order valence-corrected chi connectivity index (χ4v) is 2.41. The summed E-state index contributed by atoms with van der Waals surface area (Å²) in [6, 6.07) is 10.8. The normalized spacial score (nSPS) is 12.4. The van der Waals surface area contributed by atoms with Gasteiger partial charge in [0.15, 0.2) is 0 Å². The molecule has 0 radical (unpaired) electrons. The average molecular weight is 301 g/mol. The van der Waals surface area contributed by atoms with Crippen LogP contribution in [0.5, 0.6) is 0 Å². The van der Waals surface area contributed by atoms with E-state index < -0.39 is 6.04 Å². The van der Waals surface area contributed by atoms with Crippen LogP contribution in [-0.4, -0.2) is 27.4 Å². The van der Waals surface area contributed by atoms with Gasteiger partial charge < -0.3 is 10.4 Å². The van der Waals surface area contributed by atoms with Gasteiger partial charge in [0.05, 0.1) is 18.3 Å². The van der Waals surface area contributed by atoms with E-state index in [2.05, 4.69) is 24.3 Å².